The number of fused-ring (bicyclic) bond motifs is 1. The van der Waals surface area contributed by atoms with Crippen molar-refractivity contribution in [3.63, 3.8) is 0 Å². The number of nitrogens with one attached hydrogen (secondary N) is 1. The minimum absolute atomic E-state index is 0.0197. The van der Waals surface area contributed by atoms with Gasteiger partial charge in [0, 0.05) is 38.8 Å². The summed E-state index contributed by atoms with van der Waals surface area (Å²) in [5.74, 6) is 0.0197. The third kappa shape index (κ3) is 2.08. The summed E-state index contributed by atoms with van der Waals surface area (Å²) in [6, 6.07) is 0.379. The van der Waals surface area contributed by atoms with Crippen LogP contribution in [-0.2, 0) is 9.53 Å². The summed E-state index contributed by atoms with van der Waals surface area (Å²) in [7, 11) is 0. The topological polar surface area (TPSA) is 44.8 Å². The van der Waals surface area contributed by atoms with Crippen LogP contribution in [0.4, 0.5) is 0 Å². The Morgan fingerprint density at radius 2 is 2.11 bits per heavy atom. The molecule has 2 unspecified atom stereocenters. The highest BCUT2D eigenvalue weighted by Crippen LogP contribution is 2.41. The number of rotatable bonds is 3. The molecular weight excluding hydrogens is 242 g/mol. The Balaban J connectivity index is 1.88. The third-order valence-electron chi connectivity index (χ3n) is 5.01. The highest BCUT2D eigenvalue weighted by atomic mass is 16.5. The van der Waals surface area contributed by atoms with E-state index in [9.17, 15) is 4.79 Å². The molecule has 3 aliphatic rings. The van der Waals surface area contributed by atoms with Crippen LogP contribution >= 0.6 is 0 Å². The van der Waals surface area contributed by atoms with E-state index in [4.69, 9.17) is 4.74 Å². The van der Waals surface area contributed by atoms with Gasteiger partial charge >= 0.3 is 5.97 Å². The fourth-order valence-electron chi connectivity index (χ4n) is 4.17. The molecule has 3 fully saturated rings. The van der Waals surface area contributed by atoms with Crippen molar-refractivity contribution in [2.24, 2.45) is 0 Å². The molecule has 19 heavy (non-hydrogen) atoms. The molecular formula is C14H25N3O2. The van der Waals surface area contributed by atoms with Crippen LogP contribution in [0.15, 0.2) is 0 Å². The molecule has 0 aromatic heterocycles. The van der Waals surface area contributed by atoms with E-state index in [1.165, 1.54) is 6.42 Å². The van der Waals surface area contributed by atoms with E-state index in [0.717, 1.165) is 52.1 Å². The Labute approximate surface area is 115 Å². The van der Waals surface area contributed by atoms with Crippen LogP contribution in [0.1, 0.15) is 26.2 Å². The molecule has 5 heteroatoms. The maximum Gasteiger partial charge on any atom is 0.328 e. The molecule has 0 aromatic carbocycles. The minimum atomic E-state index is -0.366. The van der Waals surface area contributed by atoms with Crippen LogP contribution in [0, 0.1) is 0 Å². The Morgan fingerprint density at radius 1 is 1.32 bits per heavy atom. The van der Waals surface area contributed by atoms with Gasteiger partial charge in [0.15, 0.2) is 0 Å². The van der Waals surface area contributed by atoms with E-state index in [1.807, 2.05) is 6.92 Å². The summed E-state index contributed by atoms with van der Waals surface area (Å²) in [6.45, 7) is 8.48. The van der Waals surface area contributed by atoms with Gasteiger partial charge in [-0.1, -0.05) is 0 Å². The summed E-state index contributed by atoms with van der Waals surface area (Å²) in [5.41, 5.74) is -0.366. The van der Waals surface area contributed by atoms with Crippen LogP contribution in [0.25, 0.3) is 0 Å². The zero-order valence-electron chi connectivity index (χ0n) is 11.9. The van der Waals surface area contributed by atoms with E-state index in [2.05, 4.69) is 15.1 Å². The van der Waals surface area contributed by atoms with Gasteiger partial charge in [-0.15, -0.1) is 0 Å². The zero-order chi connectivity index (χ0) is 13.3. The predicted molar refractivity (Wildman–Crippen MR) is 73.0 cm³/mol. The molecule has 1 N–H and O–H groups in total. The number of piperazine rings is 1. The van der Waals surface area contributed by atoms with Crippen molar-refractivity contribution in [2.75, 3.05) is 45.9 Å². The highest BCUT2D eigenvalue weighted by molar-refractivity contribution is 5.82. The first kappa shape index (κ1) is 13.3. The van der Waals surface area contributed by atoms with Crippen molar-refractivity contribution in [1.29, 1.82) is 0 Å². The molecule has 5 nitrogen and oxygen atoms in total. The molecule has 0 spiro atoms. The van der Waals surface area contributed by atoms with E-state index < -0.39 is 0 Å². The lowest BCUT2D eigenvalue weighted by Gasteiger charge is -2.44. The summed E-state index contributed by atoms with van der Waals surface area (Å²) >= 11 is 0. The average molecular weight is 267 g/mol. The third-order valence-corrected chi connectivity index (χ3v) is 5.01. The van der Waals surface area contributed by atoms with Gasteiger partial charge in [0.05, 0.1) is 6.61 Å². The summed E-state index contributed by atoms with van der Waals surface area (Å²) in [4.78, 5) is 17.6. The maximum absolute atomic E-state index is 12.7. The fraction of sp³-hybridized carbons (Fsp3) is 0.929. The van der Waals surface area contributed by atoms with E-state index in [-0.39, 0.29) is 11.5 Å². The molecule has 0 bridgehead atoms. The molecule has 108 valence electrons. The van der Waals surface area contributed by atoms with Crippen molar-refractivity contribution in [1.82, 2.24) is 15.1 Å². The fourth-order valence-corrected chi connectivity index (χ4v) is 4.17. The first-order chi connectivity index (χ1) is 9.29. The second-order valence-corrected chi connectivity index (χ2v) is 5.83. The van der Waals surface area contributed by atoms with Gasteiger partial charge in [0.25, 0.3) is 0 Å². The van der Waals surface area contributed by atoms with Crippen molar-refractivity contribution in [3.05, 3.63) is 0 Å². The first-order valence-corrected chi connectivity index (χ1v) is 7.66. The molecule has 0 saturated carbocycles. The van der Waals surface area contributed by atoms with Crippen LogP contribution in [0.5, 0.6) is 0 Å². The quantitative estimate of drug-likeness (QED) is 0.733. The van der Waals surface area contributed by atoms with Gasteiger partial charge in [0.2, 0.25) is 0 Å². The number of carbonyl (C=O) groups excluding carboxylic acids is 1. The number of ether oxygens (including phenoxy) is 1. The van der Waals surface area contributed by atoms with Crippen LogP contribution in [-0.4, -0.2) is 73.2 Å². The second kappa shape index (κ2) is 5.38. The van der Waals surface area contributed by atoms with Crippen LogP contribution in [0.2, 0.25) is 0 Å². The Morgan fingerprint density at radius 3 is 2.84 bits per heavy atom. The summed E-state index contributed by atoms with van der Waals surface area (Å²) < 4.78 is 5.46. The largest absolute Gasteiger partial charge is 0.465 e. The van der Waals surface area contributed by atoms with Crippen molar-refractivity contribution in [3.8, 4) is 0 Å². The summed E-state index contributed by atoms with van der Waals surface area (Å²) in [6.07, 6.45) is 3.30. The SMILES string of the molecule is CCOC(=O)C1(N2CCNCC2)CCN2CCCC21. The standard InChI is InChI=1S/C14H25N3O2/c1-2-19-13(18)14(17-10-6-15-7-11-17)5-9-16-8-3-4-12(14)16/h12,15H,2-11H2,1H3. The highest BCUT2D eigenvalue weighted by Gasteiger charge is 2.58. The summed E-state index contributed by atoms with van der Waals surface area (Å²) in [5, 5.41) is 3.38. The first-order valence-electron chi connectivity index (χ1n) is 7.66. The van der Waals surface area contributed by atoms with Crippen LogP contribution in [0.3, 0.4) is 0 Å². The number of carbonyl (C=O) groups is 1. The van der Waals surface area contributed by atoms with Crippen LogP contribution < -0.4 is 5.32 Å². The molecule has 0 aliphatic carbocycles. The number of nitrogens with zero attached hydrogens (tertiary/aromatic N) is 2. The van der Waals surface area contributed by atoms with Gasteiger partial charge < -0.3 is 10.1 Å². The molecule has 3 aliphatic heterocycles. The minimum Gasteiger partial charge on any atom is -0.465 e. The molecule has 2 atom stereocenters. The molecule has 3 saturated heterocycles. The van der Waals surface area contributed by atoms with Gasteiger partial charge in [-0.05, 0) is 32.7 Å². The molecule has 0 amide bonds. The Hall–Kier alpha value is -0.650. The number of esters is 1. The van der Waals surface area contributed by atoms with Gasteiger partial charge in [-0.25, -0.2) is 4.79 Å². The van der Waals surface area contributed by atoms with Gasteiger partial charge in [0.1, 0.15) is 5.54 Å². The number of hydrogen-bond donors (Lipinski definition) is 1. The van der Waals surface area contributed by atoms with Crippen molar-refractivity contribution in [2.45, 2.75) is 37.8 Å². The Bertz CT molecular complexity index is 344. The van der Waals surface area contributed by atoms with E-state index in [0.29, 0.717) is 12.6 Å². The average Bonchev–Trinajstić information content (AvgIpc) is 3.02. The second-order valence-electron chi connectivity index (χ2n) is 5.83. The van der Waals surface area contributed by atoms with Crippen molar-refractivity contribution >= 4 is 5.97 Å². The normalized spacial score (nSPS) is 36.4. The Kier molecular flexibility index (Phi) is 3.78. The molecule has 0 radical (unpaired) electrons. The van der Waals surface area contributed by atoms with E-state index in [1.54, 1.807) is 0 Å². The lowest BCUT2D eigenvalue weighted by Crippen LogP contribution is -2.65. The molecule has 3 rings (SSSR count). The van der Waals surface area contributed by atoms with Gasteiger partial charge in [-0.3, -0.25) is 9.80 Å². The predicted octanol–water partition coefficient (Wildman–Crippen LogP) is 0.0616. The van der Waals surface area contributed by atoms with Crippen molar-refractivity contribution < 1.29 is 9.53 Å². The van der Waals surface area contributed by atoms with Gasteiger partial charge in [-0.2, -0.15) is 0 Å². The lowest BCUT2D eigenvalue weighted by atomic mass is 9.86. The monoisotopic (exact) mass is 267 g/mol. The molecule has 3 heterocycles. The smallest absolute Gasteiger partial charge is 0.328 e. The van der Waals surface area contributed by atoms with E-state index >= 15 is 0 Å². The lowest BCUT2D eigenvalue weighted by molar-refractivity contribution is -0.160. The molecule has 0 aromatic rings. The zero-order valence-corrected chi connectivity index (χ0v) is 11.9. The number of hydrogen-bond acceptors (Lipinski definition) is 5. The maximum atomic E-state index is 12.7.